The summed E-state index contributed by atoms with van der Waals surface area (Å²) in [5.41, 5.74) is 0. The van der Waals surface area contributed by atoms with E-state index < -0.39 is 6.30 Å². The van der Waals surface area contributed by atoms with Gasteiger partial charge in [0.2, 0.25) is 0 Å². The molecule has 0 saturated carbocycles. The van der Waals surface area contributed by atoms with E-state index >= 15 is 0 Å². The molecule has 0 N–H and O–H groups in total. The lowest BCUT2D eigenvalue weighted by Gasteiger charge is -2.28. The number of allylic oxidation sites excluding steroid dienone is 2. The second-order valence-electron chi connectivity index (χ2n) is 2.64. The first-order valence-electron chi connectivity index (χ1n) is 3.48. The zero-order valence-electron chi connectivity index (χ0n) is 6.29. The molecule has 0 radical (unpaired) electrons. The Morgan fingerprint density at radius 1 is 1.40 bits per heavy atom. The maximum Gasteiger partial charge on any atom is 0.191 e. The number of alkyl halides is 1. The highest BCUT2D eigenvalue weighted by molar-refractivity contribution is 5.11. The quantitative estimate of drug-likeness (QED) is 0.505. The summed E-state index contributed by atoms with van der Waals surface area (Å²) in [4.78, 5) is 1.67. The minimum Gasteiger partial charge on any atom is -0.343 e. The lowest BCUT2D eigenvalue weighted by Crippen LogP contribution is -2.32. The molecule has 0 fully saturated rings. The second-order valence-corrected chi connectivity index (χ2v) is 2.64. The fourth-order valence-corrected chi connectivity index (χ4v) is 0.943. The van der Waals surface area contributed by atoms with Crippen LogP contribution in [0.3, 0.4) is 0 Å². The number of hydrogen-bond donors (Lipinski definition) is 0. The molecule has 10 heavy (non-hydrogen) atoms. The number of nitrogens with zero attached hydrogens (tertiary/aromatic N) is 1. The van der Waals surface area contributed by atoms with Gasteiger partial charge in [-0.15, -0.1) is 0 Å². The Kier molecular flexibility index (Phi) is 2.10. The van der Waals surface area contributed by atoms with Gasteiger partial charge < -0.3 is 4.90 Å². The lowest BCUT2D eigenvalue weighted by molar-refractivity contribution is 0.143. The zero-order chi connectivity index (χ0) is 7.56. The first-order chi connectivity index (χ1) is 4.72. The molecule has 2 heteroatoms. The van der Waals surface area contributed by atoms with Crippen LogP contribution < -0.4 is 0 Å². The van der Waals surface area contributed by atoms with Gasteiger partial charge >= 0.3 is 0 Å². The van der Waals surface area contributed by atoms with Crippen LogP contribution in [0.4, 0.5) is 4.39 Å². The van der Waals surface area contributed by atoms with Gasteiger partial charge in [-0.3, -0.25) is 0 Å². The minimum atomic E-state index is -0.940. The summed E-state index contributed by atoms with van der Waals surface area (Å²) in [5, 5.41) is 0. The molecule has 1 aliphatic rings. The van der Waals surface area contributed by atoms with Crippen LogP contribution in [0.5, 0.6) is 0 Å². The van der Waals surface area contributed by atoms with Crippen molar-refractivity contribution in [1.82, 2.24) is 4.90 Å². The first-order valence-corrected chi connectivity index (χ1v) is 3.48. The van der Waals surface area contributed by atoms with Crippen molar-refractivity contribution >= 4 is 0 Å². The van der Waals surface area contributed by atoms with E-state index in [1.165, 1.54) is 0 Å². The van der Waals surface area contributed by atoms with Crippen molar-refractivity contribution in [2.24, 2.45) is 0 Å². The fourth-order valence-electron chi connectivity index (χ4n) is 0.943. The molecular weight excluding hydrogens is 129 g/mol. The maximum absolute atomic E-state index is 12.9. The molecule has 0 saturated heterocycles. The number of halogens is 1. The highest BCUT2D eigenvalue weighted by Crippen LogP contribution is 2.12. The Bertz CT molecular complexity index is 161. The van der Waals surface area contributed by atoms with Crippen molar-refractivity contribution < 1.29 is 4.39 Å². The van der Waals surface area contributed by atoms with Crippen LogP contribution in [0.1, 0.15) is 13.8 Å². The maximum atomic E-state index is 12.9. The summed E-state index contributed by atoms with van der Waals surface area (Å²) in [6.07, 6.45) is 5.94. The van der Waals surface area contributed by atoms with Gasteiger partial charge in [0.1, 0.15) is 0 Å². The minimum absolute atomic E-state index is 0.233. The molecule has 1 aliphatic heterocycles. The zero-order valence-corrected chi connectivity index (χ0v) is 6.29. The molecule has 0 spiro atoms. The average molecular weight is 141 g/mol. The molecule has 0 aliphatic carbocycles. The highest BCUT2D eigenvalue weighted by Gasteiger charge is 2.14. The second kappa shape index (κ2) is 2.86. The van der Waals surface area contributed by atoms with Crippen LogP contribution in [0.25, 0.3) is 0 Å². The van der Waals surface area contributed by atoms with Gasteiger partial charge in [0.15, 0.2) is 6.30 Å². The summed E-state index contributed by atoms with van der Waals surface area (Å²) >= 11 is 0. The van der Waals surface area contributed by atoms with E-state index in [0.717, 1.165) is 0 Å². The third-order valence-electron chi connectivity index (χ3n) is 1.52. The van der Waals surface area contributed by atoms with Crippen LogP contribution >= 0.6 is 0 Å². The Morgan fingerprint density at radius 2 is 2.10 bits per heavy atom. The number of rotatable bonds is 1. The van der Waals surface area contributed by atoms with Crippen LogP contribution in [0.15, 0.2) is 24.4 Å². The standard InChI is InChI=1S/C8H12FN/c1-7(2)10-6-4-3-5-8(10)9/h3-8H,1-2H3. The third kappa shape index (κ3) is 1.38. The Balaban J connectivity index is 2.61. The van der Waals surface area contributed by atoms with E-state index in [1.807, 2.05) is 19.9 Å². The smallest absolute Gasteiger partial charge is 0.191 e. The van der Waals surface area contributed by atoms with Crippen molar-refractivity contribution in [1.29, 1.82) is 0 Å². The monoisotopic (exact) mass is 141 g/mol. The molecule has 0 aromatic rings. The van der Waals surface area contributed by atoms with Gasteiger partial charge in [-0.25, -0.2) is 4.39 Å². The molecule has 0 amide bonds. The average Bonchev–Trinajstić information content (AvgIpc) is 1.88. The summed E-state index contributed by atoms with van der Waals surface area (Å²) in [6, 6.07) is 0.233. The molecule has 1 atom stereocenters. The number of hydrogen-bond acceptors (Lipinski definition) is 1. The van der Waals surface area contributed by atoms with Crippen molar-refractivity contribution in [2.75, 3.05) is 0 Å². The third-order valence-corrected chi connectivity index (χ3v) is 1.52. The van der Waals surface area contributed by atoms with Gasteiger partial charge in [0.25, 0.3) is 0 Å². The van der Waals surface area contributed by atoms with E-state index in [-0.39, 0.29) is 6.04 Å². The molecule has 0 aromatic heterocycles. The van der Waals surface area contributed by atoms with Crippen molar-refractivity contribution in [3.8, 4) is 0 Å². The summed E-state index contributed by atoms with van der Waals surface area (Å²) < 4.78 is 12.9. The van der Waals surface area contributed by atoms with Gasteiger partial charge in [-0.2, -0.15) is 0 Å². The van der Waals surface area contributed by atoms with Crippen molar-refractivity contribution in [2.45, 2.75) is 26.2 Å². The van der Waals surface area contributed by atoms with Crippen LogP contribution in [0, 0.1) is 0 Å². The van der Waals surface area contributed by atoms with Gasteiger partial charge in [0.05, 0.1) is 0 Å². The normalized spacial score (nSPS) is 24.4. The molecule has 1 nitrogen and oxygen atoms in total. The molecular formula is C8H12FN. The Labute approximate surface area is 60.8 Å². The molecule has 1 heterocycles. The Hall–Kier alpha value is -0.790. The summed E-state index contributed by atoms with van der Waals surface area (Å²) in [5.74, 6) is 0. The van der Waals surface area contributed by atoms with E-state index in [0.29, 0.717) is 0 Å². The van der Waals surface area contributed by atoms with E-state index in [9.17, 15) is 4.39 Å². The van der Waals surface area contributed by atoms with Gasteiger partial charge in [-0.05, 0) is 26.0 Å². The topological polar surface area (TPSA) is 3.24 Å². The van der Waals surface area contributed by atoms with Crippen LogP contribution in [0.2, 0.25) is 0 Å². The largest absolute Gasteiger partial charge is 0.343 e. The molecule has 1 rings (SSSR count). The van der Waals surface area contributed by atoms with Crippen LogP contribution in [-0.4, -0.2) is 17.2 Å². The molecule has 1 unspecified atom stereocenters. The fraction of sp³-hybridized carbons (Fsp3) is 0.500. The van der Waals surface area contributed by atoms with E-state index in [4.69, 9.17) is 0 Å². The molecule has 0 bridgehead atoms. The highest BCUT2D eigenvalue weighted by atomic mass is 19.1. The van der Waals surface area contributed by atoms with Gasteiger partial charge in [-0.1, -0.05) is 6.08 Å². The predicted octanol–water partition coefficient (Wildman–Crippen LogP) is 2.08. The Morgan fingerprint density at radius 3 is 2.50 bits per heavy atom. The van der Waals surface area contributed by atoms with E-state index in [1.54, 1.807) is 23.3 Å². The summed E-state index contributed by atoms with van der Waals surface area (Å²) in [6.45, 7) is 3.94. The van der Waals surface area contributed by atoms with Crippen molar-refractivity contribution in [3.63, 3.8) is 0 Å². The first kappa shape index (κ1) is 7.32. The summed E-state index contributed by atoms with van der Waals surface area (Å²) in [7, 11) is 0. The van der Waals surface area contributed by atoms with E-state index in [2.05, 4.69) is 0 Å². The molecule has 0 aromatic carbocycles. The van der Waals surface area contributed by atoms with Gasteiger partial charge in [0, 0.05) is 12.2 Å². The van der Waals surface area contributed by atoms with Crippen molar-refractivity contribution in [3.05, 3.63) is 24.4 Å². The predicted molar refractivity (Wildman–Crippen MR) is 40.2 cm³/mol. The van der Waals surface area contributed by atoms with Crippen LogP contribution in [-0.2, 0) is 0 Å². The SMILES string of the molecule is CC(C)N1C=CC=CC1F. The molecule has 56 valence electrons. The lowest BCUT2D eigenvalue weighted by atomic mass is 10.2.